The Kier molecular flexibility index (Phi) is 6.35. The van der Waals surface area contributed by atoms with E-state index in [0.717, 1.165) is 16.5 Å². The van der Waals surface area contributed by atoms with Crippen LogP contribution >= 0.6 is 0 Å². The van der Waals surface area contributed by atoms with E-state index >= 15 is 0 Å². The summed E-state index contributed by atoms with van der Waals surface area (Å²) in [4.78, 5) is 39.1. The Morgan fingerprint density at radius 2 is 1.78 bits per heavy atom. The minimum absolute atomic E-state index is 0.0524. The van der Waals surface area contributed by atoms with Gasteiger partial charge in [-0.25, -0.2) is 0 Å². The number of hydrogen-bond acceptors (Lipinski definition) is 5. The average molecular weight is 432 g/mol. The Bertz CT molecular complexity index is 1150. The number of ether oxygens (including phenoxy) is 2. The van der Waals surface area contributed by atoms with E-state index in [1.54, 1.807) is 29.2 Å². The van der Waals surface area contributed by atoms with Gasteiger partial charge in [0.1, 0.15) is 5.75 Å². The summed E-state index contributed by atoms with van der Waals surface area (Å²) >= 11 is 0. The number of nitrogens with one attached hydrogen (secondary N) is 1. The van der Waals surface area contributed by atoms with Crippen molar-refractivity contribution in [2.45, 2.75) is 13.3 Å². The number of carbonyl (C=O) groups excluding carboxylic acids is 3. The number of rotatable bonds is 7. The quantitative estimate of drug-likeness (QED) is 0.575. The lowest BCUT2D eigenvalue weighted by Gasteiger charge is -2.19. The molecule has 164 valence electrons. The maximum Gasteiger partial charge on any atom is 0.311 e. The Labute approximate surface area is 185 Å². The van der Waals surface area contributed by atoms with E-state index in [0.29, 0.717) is 18.0 Å². The molecule has 0 aliphatic carbocycles. The highest BCUT2D eigenvalue weighted by atomic mass is 16.5. The van der Waals surface area contributed by atoms with Crippen LogP contribution in [0.5, 0.6) is 5.75 Å². The molecule has 0 spiro atoms. The van der Waals surface area contributed by atoms with Crippen LogP contribution in [0.1, 0.15) is 13.3 Å². The van der Waals surface area contributed by atoms with Gasteiger partial charge in [0.15, 0.2) is 6.61 Å². The number of nitrogens with zero attached hydrogens (tertiary/aromatic N) is 1. The number of benzene rings is 3. The van der Waals surface area contributed by atoms with Crippen LogP contribution in [-0.4, -0.2) is 37.5 Å². The lowest BCUT2D eigenvalue weighted by Crippen LogP contribution is -2.28. The number of amides is 2. The molecule has 7 heteroatoms. The van der Waals surface area contributed by atoms with E-state index in [-0.39, 0.29) is 18.9 Å². The standard InChI is InChI=1S/C25H24N2O5/c1-2-31-22-13-6-5-11-20(22)26-23(28)16-32-25(30)18-14-24(29)27(15-18)21-12-7-9-17-8-3-4-10-19(17)21/h3-13,18H,2,14-16H2,1H3,(H,26,28). The lowest BCUT2D eigenvalue weighted by molar-refractivity contribution is -0.151. The number of esters is 1. The van der Waals surface area contributed by atoms with Crippen LogP contribution in [0.3, 0.4) is 0 Å². The number of fused-ring (bicyclic) bond motifs is 1. The molecule has 2 amide bonds. The molecule has 1 fully saturated rings. The van der Waals surface area contributed by atoms with Gasteiger partial charge in [0.25, 0.3) is 5.91 Å². The summed E-state index contributed by atoms with van der Waals surface area (Å²) in [6.07, 6.45) is 0.0524. The molecule has 1 saturated heterocycles. The van der Waals surface area contributed by atoms with Crippen molar-refractivity contribution in [3.63, 3.8) is 0 Å². The van der Waals surface area contributed by atoms with Gasteiger partial charge in [-0.1, -0.05) is 48.5 Å². The fourth-order valence-corrected chi connectivity index (χ4v) is 3.83. The maximum atomic E-state index is 12.6. The van der Waals surface area contributed by atoms with Gasteiger partial charge in [0.2, 0.25) is 5.91 Å². The normalized spacial score (nSPS) is 15.6. The molecule has 1 heterocycles. The third kappa shape index (κ3) is 4.56. The van der Waals surface area contributed by atoms with Gasteiger partial charge < -0.3 is 19.7 Å². The molecule has 1 aliphatic heterocycles. The molecule has 1 unspecified atom stereocenters. The van der Waals surface area contributed by atoms with Crippen molar-refractivity contribution in [1.29, 1.82) is 0 Å². The third-order valence-electron chi connectivity index (χ3n) is 5.32. The van der Waals surface area contributed by atoms with Crippen molar-refractivity contribution in [2.24, 2.45) is 5.92 Å². The Balaban J connectivity index is 1.37. The molecule has 0 aromatic heterocycles. The number of anilines is 2. The highest BCUT2D eigenvalue weighted by molar-refractivity contribution is 6.06. The molecule has 1 atom stereocenters. The van der Waals surface area contributed by atoms with Crippen LogP contribution in [0.4, 0.5) is 11.4 Å². The first kappa shape index (κ1) is 21.4. The largest absolute Gasteiger partial charge is 0.492 e. The van der Waals surface area contributed by atoms with E-state index in [1.807, 2.05) is 49.4 Å². The average Bonchev–Trinajstić information content (AvgIpc) is 3.20. The number of hydrogen-bond donors (Lipinski definition) is 1. The Morgan fingerprint density at radius 1 is 1.03 bits per heavy atom. The highest BCUT2D eigenvalue weighted by Gasteiger charge is 2.36. The van der Waals surface area contributed by atoms with Crippen molar-refractivity contribution in [1.82, 2.24) is 0 Å². The van der Waals surface area contributed by atoms with Crippen LogP contribution < -0.4 is 15.0 Å². The maximum absolute atomic E-state index is 12.6. The summed E-state index contributed by atoms with van der Waals surface area (Å²) in [5.74, 6) is -1.25. The van der Waals surface area contributed by atoms with Crippen molar-refractivity contribution >= 4 is 39.9 Å². The van der Waals surface area contributed by atoms with E-state index in [9.17, 15) is 14.4 Å². The van der Waals surface area contributed by atoms with Gasteiger partial charge in [0.05, 0.1) is 23.9 Å². The fourth-order valence-electron chi connectivity index (χ4n) is 3.83. The van der Waals surface area contributed by atoms with Crippen molar-refractivity contribution in [2.75, 3.05) is 30.0 Å². The molecule has 0 saturated carbocycles. The Morgan fingerprint density at radius 3 is 2.62 bits per heavy atom. The van der Waals surface area contributed by atoms with E-state index in [1.165, 1.54) is 0 Å². The van der Waals surface area contributed by atoms with Crippen molar-refractivity contribution in [3.8, 4) is 5.75 Å². The summed E-state index contributed by atoms with van der Waals surface area (Å²) in [6.45, 7) is 2.11. The van der Waals surface area contributed by atoms with Gasteiger partial charge in [0, 0.05) is 18.4 Å². The number of para-hydroxylation sites is 2. The minimum Gasteiger partial charge on any atom is -0.492 e. The topological polar surface area (TPSA) is 84.9 Å². The van der Waals surface area contributed by atoms with E-state index in [4.69, 9.17) is 9.47 Å². The second-order valence-electron chi connectivity index (χ2n) is 7.49. The summed E-state index contributed by atoms with van der Waals surface area (Å²) in [7, 11) is 0. The zero-order valence-corrected chi connectivity index (χ0v) is 17.7. The SMILES string of the molecule is CCOc1ccccc1NC(=O)COC(=O)C1CC(=O)N(c2cccc3ccccc23)C1. The molecule has 4 rings (SSSR count). The summed E-state index contributed by atoms with van der Waals surface area (Å²) < 4.78 is 10.7. The lowest BCUT2D eigenvalue weighted by atomic mass is 10.1. The summed E-state index contributed by atoms with van der Waals surface area (Å²) in [6, 6.07) is 20.6. The van der Waals surface area contributed by atoms with Gasteiger partial charge in [-0.3, -0.25) is 14.4 Å². The van der Waals surface area contributed by atoms with Gasteiger partial charge in [-0.05, 0) is 30.5 Å². The third-order valence-corrected chi connectivity index (χ3v) is 5.32. The Hall–Kier alpha value is -3.87. The van der Waals surface area contributed by atoms with Gasteiger partial charge in [-0.15, -0.1) is 0 Å². The van der Waals surface area contributed by atoms with Gasteiger partial charge >= 0.3 is 5.97 Å². The molecule has 7 nitrogen and oxygen atoms in total. The van der Waals surface area contributed by atoms with Crippen molar-refractivity contribution in [3.05, 3.63) is 66.7 Å². The molecule has 32 heavy (non-hydrogen) atoms. The zero-order valence-electron chi connectivity index (χ0n) is 17.7. The van der Waals surface area contributed by atoms with E-state index in [2.05, 4.69) is 5.32 Å². The summed E-state index contributed by atoms with van der Waals surface area (Å²) in [5.41, 5.74) is 1.28. The van der Waals surface area contributed by atoms with Crippen LogP contribution in [-0.2, 0) is 19.1 Å². The van der Waals surface area contributed by atoms with Crippen LogP contribution in [0, 0.1) is 5.92 Å². The monoisotopic (exact) mass is 432 g/mol. The molecule has 1 N–H and O–H groups in total. The number of carbonyl (C=O) groups is 3. The van der Waals surface area contributed by atoms with Gasteiger partial charge in [-0.2, -0.15) is 0 Å². The first-order valence-corrected chi connectivity index (χ1v) is 10.5. The minimum atomic E-state index is -0.620. The predicted molar refractivity (Wildman–Crippen MR) is 122 cm³/mol. The van der Waals surface area contributed by atoms with Crippen LogP contribution in [0.25, 0.3) is 10.8 Å². The highest BCUT2D eigenvalue weighted by Crippen LogP contribution is 2.32. The first-order valence-electron chi connectivity index (χ1n) is 10.5. The van der Waals surface area contributed by atoms with Crippen LogP contribution in [0.15, 0.2) is 66.7 Å². The predicted octanol–water partition coefficient (Wildman–Crippen LogP) is 3.77. The van der Waals surface area contributed by atoms with E-state index < -0.39 is 24.4 Å². The molecule has 3 aromatic rings. The zero-order chi connectivity index (χ0) is 22.5. The molecule has 0 radical (unpaired) electrons. The fraction of sp³-hybridized carbons (Fsp3) is 0.240. The summed E-state index contributed by atoms with van der Waals surface area (Å²) in [5, 5.41) is 4.66. The first-order chi connectivity index (χ1) is 15.6. The second kappa shape index (κ2) is 9.51. The molecule has 3 aromatic carbocycles. The van der Waals surface area contributed by atoms with Crippen molar-refractivity contribution < 1.29 is 23.9 Å². The molecule has 0 bridgehead atoms. The molecular weight excluding hydrogens is 408 g/mol. The smallest absolute Gasteiger partial charge is 0.311 e. The molecular formula is C25H24N2O5. The van der Waals surface area contributed by atoms with Crippen LogP contribution in [0.2, 0.25) is 0 Å². The molecule has 1 aliphatic rings. The second-order valence-corrected chi connectivity index (χ2v) is 7.49.